The van der Waals surface area contributed by atoms with Crippen LogP contribution >= 0.6 is 0 Å². The highest BCUT2D eigenvalue weighted by molar-refractivity contribution is 4.56. The maximum atomic E-state index is 5.45. The molecule has 0 aromatic rings. The third-order valence-corrected chi connectivity index (χ3v) is 1.63. The van der Waals surface area contributed by atoms with E-state index in [4.69, 9.17) is 24.7 Å². The van der Waals surface area contributed by atoms with Gasteiger partial charge in [0.25, 0.3) is 0 Å². The molecule has 15 heavy (non-hydrogen) atoms. The Labute approximate surface area is 91.8 Å². The Hall–Kier alpha value is -0.200. The van der Waals surface area contributed by atoms with Crippen LogP contribution in [0.3, 0.4) is 0 Å². The first-order valence-corrected chi connectivity index (χ1v) is 5.44. The summed E-state index contributed by atoms with van der Waals surface area (Å²) >= 11 is 0. The van der Waals surface area contributed by atoms with Crippen molar-refractivity contribution in [2.75, 3.05) is 39.6 Å². The monoisotopic (exact) mass is 221 g/mol. The number of hydrogen-bond donors (Lipinski definition) is 1. The number of nitrogens with two attached hydrogens (primary N) is 1. The van der Waals surface area contributed by atoms with Gasteiger partial charge in [0.2, 0.25) is 0 Å². The van der Waals surface area contributed by atoms with Crippen molar-refractivity contribution in [3.05, 3.63) is 0 Å². The lowest BCUT2D eigenvalue weighted by molar-refractivity contribution is -0.391. The van der Waals surface area contributed by atoms with E-state index in [1.54, 1.807) is 0 Å². The summed E-state index contributed by atoms with van der Waals surface area (Å²) in [5.74, 6) is -1.08. The van der Waals surface area contributed by atoms with Crippen LogP contribution in [0.15, 0.2) is 0 Å². The molecule has 0 rings (SSSR count). The molecule has 0 heterocycles. The topological polar surface area (TPSA) is 62.9 Å². The van der Waals surface area contributed by atoms with Crippen LogP contribution < -0.4 is 5.73 Å². The van der Waals surface area contributed by atoms with Gasteiger partial charge in [-0.15, -0.1) is 0 Å². The van der Waals surface area contributed by atoms with Crippen LogP contribution in [-0.2, 0) is 18.9 Å². The third kappa shape index (κ3) is 6.06. The van der Waals surface area contributed by atoms with Gasteiger partial charge in [0, 0.05) is 26.4 Å². The van der Waals surface area contributed by atoms with Gasteiger partial charge in [-0.25, -0.2) is 0 Å². The van der Waals surface area contributed by atoms with E-state index in [0.29, 0.717) is 33.0 Å². The lowest BCUT2D eigenvalue weighted by Gasteiger charge is -2.31. The van der Waals surface area contributed by atoms with Crippen LogP contribution in [0, 0.1) is 0 Å². The third-order valence-electron chi connectivity index (χ3n) is 1.63. The molecule has 0 unspecified atom stereocenters. The molecule has 0 radical (unpaired) electrons. The van der Waals surface area contributed by atoms with Gasteiger partial charge in [0.15, 0.2) is 0 Å². The lowest BCUT2D eigenvalue weighted by Crippen LogP contribution is -2.44. The molecule has 0 aliphatic rings. The van der Waals surface area contributed by atoms with Crippen molar-refractivity contribution in [1.29, 1.82) is 0 Å². The molecule has 0 fully saturated rings. The van der Waals surface area contributed by atoms with Crippen LogP contribution in [0.25, 0.3) is 0 Å². The molecular formula is C10H23NO4. The summed E-state index contributed by atoms with van der Waals surface area (Å²) in [4.78, 5) is 0. The second kappa shape index (κ2) is 9.06. The predicted octanol–water partition coefficient (Wildman–Crippen LogP) is 0.725. The zero-order valence-electron chi connectivity index (χ0n) is 9.95. The Morgan fingerprint density at radius 3 is 1.73 bits per heavy atom. The molecule has 0 atom stereocenters. The van der Waals surface area contributed by atoms with Gasteiger partial charge in [0.05, 0.1) is 6.61 Å². The first-order chi connectivity index (χ1) is 7.24. The van der Waals surface area contributed by atoms with Crippen LogP contribution in [0.2, 0.25) is 0 Å². The minimum absolute atomic E-state index is 0.236. The summed E-state index contributed by atoms with van der Waals surface area (Å²) in [5.41, 5.74) is 5.33. The first kappa shape index (κ1) is 14.8. The molecule has 5 heteroatoms. The lowest BCUT2D eigenvalue weighted by atomic mass is 10.5. The summed E-state index contributed by atoms with van der Waals surface area (Å²) < 4.78 is 21.6. The fourth-order valence-electron chi connectivity index (χ4n) is 1.19. The molecular weight excluding hydrogens is 198 g/mol. The normalized spacial score (nSPS) is 12.0. The predicted molar refractivity (Wildman–Crippen MR) is 57.5 cm³/mol. The molecule has 0 spiro atoms. The van der Waals surface area contributed by atoms with E-state index >= 15 is 0 Å². The van der Waals surface area contributed by atoms with Crippen molar-refractivity contribution < 1.29 is 18.9 Å². The molecule has 92 valence electrons. The summed E-state index contributed by atoms with van der Waals surface area (Å²) in [7, 11) is 0. The quantitative estimate of drug-likeness (QED) is 0.435. The summed E-state index contributed by atoms with van der Waals surface area (Å²) in [6.45, 7) is 8.35. The highest BCUT2D eigenvalue weighted by atomic mass is 16.9. The van der Waals surface area contributed by atoms with Crippen LogP contribution in [-0.4, -0.2) is 45.6 Å². The van der Waals surface area contributed by atoms with Crippen molar-refractivity contribution in [2.24, 2.45) is 5.73 Å². The average molecular weight is 221 g/mol. The first-order valence-electron chi connectivity index (χ1n) is 5.44. The fraction of sp³-hybridized carbons (Fsp3) is 1.00. The van der Waals surface area contributed by atoms with Gasteiger partial charge < -0.3 is 24.7 Å². The summed E-state index contributed by atoms with van der Waals surface area (Å²) in [6, 6.07) is 0. The second-order valence-electron chi connectivity index (χ2n) is 2.82. The summed E-state index contributed by atoms with van der Waals surface area (Å²) in [5, 5.41) is 0. The van der Waals surface area contributed by atoms with E-state index in [1.165, 1.54) is 0 Å². The molecule has 2 N–H and O–H groups in total. The van der Waals surface area contributed by atoms with Crippen molar-refractivity contribution >= 4 is 0 Å². The zero-order valence-corrected chi connectivity index (χ0v) is 9.95. The van der Waals surface area contributed by atoms with Crippen LogP contribution in [0.5, 0.6) is 0 Å². The molecule has 5 nitrogen and oxygen atoms in total. The van der Waals surface area contributed by atoms with E-state index in [-0.39, 0.29) is 6.61 Å². The molecule has 0 aliphatic heterocycles. The van der Waals surface area contributed by atoms with E-state index in [0.717, 1.165) is 0 Å². The van der Waals surface area contributed by atoms with Gasteiger partial charge in [0.1, 0.15) is 6.61 Å². The molecule has 0 amide bonds. The van der Waals surface area contributed by atoms with Gasteiger partial charge in [-0.2, -0.15) is 0 Å². The van der Waals surface area contributed by atoms with Gasteiger partial charge >= 0.3 is 5.97 Å². The van der Waals surface area contributed by atoms with E-state index in [2.05, 4.69) is 0 Å². The van der Waals surface area contributed by atoms with Gasteiger partial charge in [-0.1, -0.05) is 0 Å². The average Bonchev–Trinajstić information content (AvgIpc) is 2.19. The maximum Gasteiger partial charge on any atom is 0.307 e. The molecule has 0 aromatic heterocycles. The van der Waals surface area contributed by atoms with Crippen molar-refractivity contribution in [3.63, 3.8) is 0 Å². The Morgan fingerprint density at radius 1 is 0.933 bits per heavy atom. The molecule has 0 saturated heterocycles. The second-order valence-corrected chi connectivity index (χ2v) is 2.82. The van der Waals surface area contributed by atoms with Gasteiger partial charge in [-0.05, 0) is 20.8 Å². The SMILES string of the molecule is CCOC(COCCN)(OCC)OCC. The minimum Gasteiger partial charge on any atom is -0.372 e. The van der Waals surface area contributed by atoms with Crippen LogP contribution in [0.4, 0.5) is 0 Å². The number of hydrogen-bond acceptors (Lipinski definition) is 5. The van der Waals surface area contributed by atoms with E-state index in [9.17, 15) is 0 Å². The Kier molecular flexibility index (Phi) is 8.94. The van der Waals surface area contributed by atoms with Crippen molar-refractivity contribution in [1.82, 2.24) is 0 Å². The highest BCUT2D eigenvalue weighted by Gasteiger charge is 2.32. The molecule has 0 aliphatic carbocycles. The molecule has 0 aromatic carbocycles. The number of rotatable bonds is 10. The standard InChI is InChI=1S/C10H23NO4/c1-4-13-10(14-5-2,15-6-3)9-12-8-7-11/h4-9,11H2,1-3H3. The maximum absolute atomic E-state index is 5.45. The van der Waals surface area contributed by atoms with Crippen LogP contribution in [0.1, 0.15) is 20.8 Å². The van der Waals surface area contributed by atoms with E-state index in [1.807, 2.05) is 20.8 Å². The van der Waals surface area contributed by atoms with Crippen molar-refractivity contribution in [2.45, 2.75) is 26.7 Å². The summed E-state index contributed by atoms with van der Waals surface area (Å²) in [6.07, 6.45) is 0. The Balaban J connectivity index is 4.18. The highest BCUT2D eigenvalue weighted by Crippen LogP contribution is 2.16. The minimum atomic E-state index is -1.08. The number of ether oxygens (including phenoxy) is 4. The zero-order chi connectivity index (χ0) is 11.6. The largest absolute Gasteiger partial charge is 0.372 e. The Morgan fingerprint density at radius 2 is 1.40 bits per heavy atom. The fourth-order valence-corrected chi connectivity index (χ4v) is 1.19. The Bertz CT molecular complexity index is 126. The molecule has 0 bridgehead atoms. The molecule has 0 saturated carbocycles. The van der Waals surface area contributed by atoms with Gasteiger partial charge in [-0.3, -0.25) is 0 Å². The van der Waals surface area contributed by atoms with E-state index < -0.39 is 5.97 Å². The van der Waals surface area contributed by atoms with Crippen molar-refractivity contribution in [3.8, 4) is 0 Å². The smallest absolute Gasteiger partial charge is 0.307 e.